The van der Waals surface area contributed by atoms with E-state index in [0.29, 0.717) is 6.54 Å². The Balaban J connectivity index is 1.91. The summed E-state index contributed by atoms with van der Waals surface area (Å²) in [6, 6.07) is 8.06. The quantitative estimate of drug-likeness (QED) is 0.738. The van der Waals surface area contributed by atoms with Crippen molar-refractivity contribution in [3.05, 3.63) is 50.7 Å². The molecule has 0 aliphatic carbocycles. The first-order valence-electron chi connectivity index (χ1n) is 10.2. The van der Waals surface area contributed by atoms with Gasteiger partial charge in [0.15, 0.2) is 5.69 Å². The smallest absolute Gasteiger partial charge is 0.330 e. The number of nitrogens with one attached hydrogen (secondary N) is 1. The third kappa shape index (κ3) is 4.21. The second-order valence-corrected chi connectivity index (χ2v) is 7.29. The molecule has 0 fully saturated rings. The van der Waals surface area contributed by atoms with E-state index in [2.05, 4.69) is 11.1 Å². The number of nitrogens with two attached hydrogens (primary N) is 1. The molecule has 1 aliphatic rings. The molecular weight excluding hydrogens is 370 g/mol. The molecule has 2 aromatic rings. The van der Waals surface area contributed by atoms with E-state index >= 15 is 0 Å². The molecular formula is C21H29N5O3. The molecule has 156 valence electrons. The number of rotatable bonds is 7. The van der Waals surface area contributed by atoms with Gasteiger partial charge in [0, 0.05) is 25.3 Å². The van der Waals surface area contributed by atoms with E-state index in [-0.39, 0.29) is 30.5 Å². The number of nitrogen functional groups attached to an aromatic ring is 1. The lowest BCUT2D eigenvalue weighted by Crippen LogP contribution is -2.46. The molecule has 29 heavy (non-hydrogen) atoms. The first-order chi connectivity index (χ1) is 14.0. The van der Waals surface area contributed by atoms with Crippen LogP contribution < -0.4 is 26.8 Å². The van der Waals surface area contributed by atoms with Crippen molar-refractivity contribution in [1.82, 2.24) is 9.55 Å². The fraction of sp³-hybridized carbons (Fsp3) is 0.476. The van der Waals surface area contributed by atoms with Gasteiger partial charge in [0.05, 0.1) is 6.54 Å². The highest BCUT2D eigenvalue weighted by molar-refractivity contribution is 5.98. The molecule has 0 radical (unpaired) electrons. The van der Waals surface area contributed by atoms with Gasteiger partial charge in [-0.2, -0.15) is 0 Å². The molecule has 3 rings (SSSR count). The Morgan fingerprint density at radius 1 is 1.24 bits per heavy atom. The Bertz CT molecular complexity index is 995. The van der Waals surface area contributed by atoms with Gasteiger partial charge < -0.3 is 15.5 Å². The number of amides is 1. The number of anilines is 3. The van der Waals surface area contributed by atoms with Crippen LogP contribution in [0.15, 0.2) is 33.9 Å². The minimum absolute atomic E-state index is 0.0430. The van der Waals surface area contributed by atoms with Crippen molar-refractivity contribution in [3.63, 3.8) is 0 Å². The van der Waals surface area contributed by atoms with Crippen molar-refractivity contribution in [2.24, 2.45) is 0 Å². The summed E-state index contributed by atoms with van der Waals surface area (Å²) in [5.41, 5.74) is 7.34. The van der Waals surface area contributed by atoms with Crippen molar-refractivity contribution in [2.75, 3.05) is 35.2 Å². The molecule has 2 heterocycles. The van der Waals surface area contributed by atoms with E-state index in [0.717, 1.165) is 37.9 Å². The predicted octanol–water partition coefficient (Wildman–Crippen LogP) is 1.72. The summed E-state index contributed by atoms with van der Waals surface area (Å²) >= 11 is 0. The number of hydrogen-bond donors (Lipinski definition) is 2. The number of carbonyl (C=O) groups is 1. The zero-order chi connectivity index (χ0) is 21.0. The largest absolute Gasteiger partial charge is 0.383 e. The first kappa shape index (κ1) is 20.7. The molecule has 3 N–H and O–H groups in total. The maximum atomic E-state index is 13.2. The Labute approximate surface area is 169 Å². The molecule has 0 saturated heterocycles. The summed E-state index contributed by atoms with van der Waals surface area (Å²) in [7, 11) is 0. The highest BCUT2D eigenvalue weighted by atomic mass is 16.2. The number of nitrogens with zero attached hydrogens (tertiary/aromatic N) is 3. The van der Waals surface area contributed by atoms with Gasteiger partial charge in [0.1, 0.15) is 5.82 Å². The van der Waals surface area contributed by atoms with E-state index in [9.17, 15) is 14.4 Å². The van der Waals surface area contributed by atoms with E-state index in [1.807, 2.05) is 30.0 Å². The number of aryl methyl sites for hydroxylation is 1. The van der Waals surface area contributed by atoms with E-state index in [1.165, 1.54) is 15.0 Å². The van der Waals surface area contributed by atoms with Crippen LogP contribution in [0.4, 0.5) is 17.2 Å². The van der Waals surface area contributed by atoms with Crippen LogP contribution in [0, 0.1) is 0 Å². The fourth-order valence-corrected chi connectivity index (χ4v) is 3.86. The van der Waals surface area contributed by atoms with E-state index < -0.39 is 11.2 Å². The van der Waals surface area contributed by atoms with Gasteiger partial charge in [-0.1, -0.05) is 31.5 Å². The lowest BCUT2D eigenvalue weighted by Gasteiger charge is -2.32. The molecule has 0 atom stereocenters. The normalized spacial score (nSPS) is 13.2. The summed E-state index contributed by atoms with van der Waals surface area (Å²) in [6.45, 7) is 5.41. The SMILES string of the molecule is CCCCn1c(N)c(N(CC)C(=O)CN2CCCc3ccccc32)c(=O)[nH]c1=O. The first-order valence-corrected chi connectivity index (χ1v) is 10.2. The predicted molar refractivity (Wildman–Crippen MR) is 116 cm³/mol. The highest BCUT2D eigenvalue weighted by Crippen LogP contribution is 2.27. The number of fused-ring (bicyclic) bond motifs is 1. The summed E-state index contributed by atoms with van der Waals surface area (Å²) in [5.74, 6) is -0.177. The Morgan fingerprint density at radius 3 is 2.72 bits per heavy atom. The number of unbranched alkanes of at least 4 members (excludes halogenated alkanes) is 1. The molecule has 0 bridgehead atoms. The van der Waals surface area contributed by atoms with Crippen molar-refractivity contribution in [1.29, 1.82) is 0 Å². The summed E-state index contributed by atoms with van der Waals surface area (Å²) < 4.78 is 1.34. The second kappa shape index (κ2) is 8.98. The molecule has 1 aliphatic heterocycles. The van der Waals surface area contributed by atoms with Crippen LogP contribution in [-0.4, -0.2) is 35.1 Å². The number of likely N-dealkylation sites (N-methyl/N-ethyl adjacent to an activating group) is 1. The summed E-state index contributed by atoms with van der Waals surface area (Å²) in [6.07, 6.45) is 3.60. The lowest BCUT2D eigenvalue weighted by molar-refractivity contribution is -0.117. The molecule has 1 aromatic heterocycles. The third-order valence-electron chi connectivity index (χ3n) is 5.37. The number of carbonyl (C=O) groups excluding carboxylic acids is 1. The van der Waals surface area contributed by atoms with Crippen molar-refractivity contribution in [2.45, 2.75) is 46.1 Å². The minimum Gasteiger partial charge on any atom is -0.383 e. The van der Waals surface area contributed by atoms with E-state index in [1.54, 1.807) is 6.92 Å². The standard InChI is InChI=1S/C21H29N5O3/c1-3-5-13-26-19(22)18(20(28)23-21(26)29)25(4-2)17(27)14-24-12-8-10-15-9-6-7-11-16(15)24/h6-7,9,11H,3-5,8,10,12-14,22H2,1-2H3,(H,23,28,29). The average Bonchev–Trinajstić information content (AvgIpc) is 2.71. The number of benzene rings is 1. The minimum atomic E-state index is -0.630. The second-order valence-electron chi connectivity index (χ2n) is 7.29. The zero-order valence-electron chi connectivity index (χ0n) is 17.1. The van der Waals surface area contributed by atoms with E-state index in [4.69, 9.17) is 5.73 Å². The number of aromatic nitrogens is 2. The van der Waals surface area contributed by atoms with Crippen LogP contribution in [0.25, 0.3) is 0 Å². The van der Waals surface area contributed by atoms with Crippen LogP contribution in [0.5, 0.6) is 0 Å². The Morgan fingerprint density at radius 2 is 2.00 bits per heavy atom. The zero-order valence-corrected chi connectivity index (χ0v) is 17.1. The molecule has 1 aromatic carbocycles. The number of hydrogen-bond acceptors (Lipinski definition) is 5. The Hall–Kier alpha value is -3.03. The monoisotopic (exact) mass is 399 g/mol. The van der Waals surface area contributed by atoms with Crippen LogP contribution in [0.3, 0.4) is 0 Å². The van der Waals surface area contributed by atoms with Crippen LogP contribution in [0.1, 0.15) is 38.7 Å². The van der Waals surface area contributed by atoms with Crippen LogP contribution in [-0.2, 0) is 17.8 Å². The molecule has 1 amide bonds. The van der Waals surface area contributed by atoms with Gasteiger partial charge in [-0.3, -0.25) is 19.1 Å². The van der Waals surface area contributed by atoms with Crippen molar-refractivity contribution >= 4 is 23.1 Å². The summed E-state index contributed by atoms with van der Waals surface area (Å²) in [5, 5.41) is 0. The van der Waals surface area contributed by atoms with Gasteiger partial charge >= 0.3 is 5.69 Å². The molecule has 0 spiro atoms. The van der Waals surface area contributed by atoms with Crippen molar-refractivity contribution < 1.29 is 4.79 Å². The third-order valence-corrected chi connectivity index (χ3v) is 5.37. The van der Waals surface area contributed by atoms with Crippen LogP contribution >= 0.6 is 0 Å². The van der Waals surface area contributed by atoms with Gasteiger partial charge in [-0.15, -0.1) is 0 Å². The average molecular weight is 399 g/mol. The number of para-hydroxylation sites is 1. The molecule has 8 heteroatoms. The van der Waals surface area contributed by atoms with Crippen LogP contribution in [0.2, 0.25) is 0 Å². The van der Waals surface area contributed by atoms with Gasteiger partial charge in [0.2, 0.25) is 5.91 Å². The molecule has 0 unspecified atom stereocenters. The number of aromatic amines is 1. The number of H-pyrrole nitrogens is 1. The fourth-order valence-electron chi connectivity index (χ4n) is 3.86. The van der Waals surface area contributed by atoms with Gasteiger partial charge in [-0.05, 0) is 37.8 Å². The summed E-state index contributed by atoms with van der Waals surface area (Å²) in [4.78, 5) is 43.6. The van der Waals surface area contributed by atoms with Gasteiger partial charge in [-0.25, -0.2) is 4.79 Å². The maximum Gasteiger partial charge on any atom is 0.330 e. The van der Waals surface area contributed by atoms with Crippen molar-refractivity contribution in [3.8, 4) is 0 Å². The molecule has 0 saturated carbocycles. The highest BCUT2D eigenvalue weighted by Gasteiger charge is 2.26. The van der Waals surface area contributed by atoms with Gasteiger partial charge in [0.25, 0.3) is 5.56 Å². The Kier molecular flexibility index (Phi) is 6.41. The topological polar surface area (TPSA) is 104 Å². The molecule has 8 nitrogen and oxygen atoms in total. The maximum absolute atomic E-state index is 13.2. The lowest BCUT2D eigenvalue weighted by atomic mass is 10.0.